The number of nitrogens with zero attached hydrogens (tertiary/aromatic N) is 4. The summed E-state index contributed by atoms with van der Waals surface area (Å²) in [5.74, 6) is 0. The molecule has 0 aromatic carbocycles. The second-order valence-corrected chi connectivity index (χ2v) is 8.99. The van der Waals surface area contributed by atoms with Crippen LogP contribution in [0.1, 0.15) is 50.6 Å². The second-order valence-electron chi connectivity index (χ2n) is 7.08. The first-order valence-corrected chi connectivity index (χ1v) is 9.28. The summed E-state index contributed by atoms with van der Waals surface area (Å²) in [5.41, 5.74) is 1.51. The molecule has 0 saturated carbocycles. The Kier molecular flexibility index (Phi) is 4.87. The van der Waals surface area contributed by atoms with E-state index in [1.165, 1.54) is 10.7 Å². The summed E-state index contributed by atoms with van der Waals surface area (Å²) in [6.07, 6.45) is 0.448. The van der Waals surface area contributed by atoms with Crippen molar-refractivity contribution in [3.63, 3.8) is 0 Å². The Morgan fingerprint density at radius 3 is 2.62 bits per heavy atom. The fourth-order valence-corrected chi connectivity index (χ4v) is 3.24. The number of hydrogen-bond donors (Lipinski definition) is 0. The average molecular weight is 384 g/mol. The van der Waals surface area contributed by atoms with Gasteiger partial charge in [0.2, 0.25) is 0 Å². The van der Waals surface area contributed by atoms with Crippen molar-refractivity contribution in [3.8, 4) is 5.69 Å². The topological polar surface area (TPSA) is 66.1 Å². The van der Waals surface area contributed by atoms with Gasteiger partial charge >= 0.3 is 6.18 Å². The number of pyridine rings is 1. The van der Waals surface area contributed by atoms with Crippen LogP contribution in [0.3, 0.4) is 0 Å². The molecule has 5 nitrogen and oxygen atoms in total. The van der Waals surface area contributed by atoms with E-state index >= 15 is 0 Å². The van der Waals surface area contributed by atoms with E-state index in [-0.39, 0.29) is 5.69 Å². The van der Waals surface area contributed by atoms with Crippen LogP contribution in [0.2, 0.25) is 0 Å². The quantitative estimate of drug-likeness (QED) is 0.738. The number of fused-ring (bicyclic) bond motifs is 1. The van der Waals surface area contributed by atoms with Gasteiger partial charge in [0.05, 0.1) is 11.4 Å². The molecule has 0 spiro atoms. The minimum absolute atomic E-state index is 0.276. The first-order valence-electron chi connectivity index (χ1n) is 8.18. The molecule has 0 saturated heterocycles. The van der Waals surface area contributed by atoms with E-state index in [0.29, 0.717) is 18.6 Å². The third kappa shape index (κ3) is 3.93. The Hall–Kier alpha value is -1.87. The molecule has 1 aliphatic carbocycles. The lowest BCUT2D eigenvalue weighted by Crippen LogP contribution is -2.27. The van der Waals surface area contributed by atoms with Gasteiger partial charge in [-0.15, -0.1) is 0 Å². The highest BCUT2D eigenvalue weighted by molar-refractivity contribution is 7.91. The van der Waals surface area contributed by atoms with Crippen molar-refractivity contribution in [2.75, 3.05) is 0 Å². The zero-order chi connectivity index (χ0) is 19.1. The lowest BCUT2D eigenvalue weighted by atomic mass is 9.96. The lowest BCUT2D eigenvalue weighted by molar-refractivity contribution is -0.141. The van der Waals surface area contributed by atoms with Crippen LogP contribution in [0.5, 0.6) is 0 Å². The van der Waals surface area contributed by atoms with Gasteiger partial charge in [-0.1, -0.05) is 4.40 Å². The summed E-state index contributed by atoms with van der Waals surface area (Å²) in [6, 6.07) is 2.43. The minimum atomic E-state index is -4.51. The molecular weight excluding hydrogens is 365 g/mol. The largest absolute Gasteiger partial charge is 0.591 e. The molecule has 0 aliphatic heterocycles. The summed E-state index contributed by atoms with van der Waals surface area (Å²) < 4.78 is 56.3. The van der Waals surface area contributed by atoms with Crippen LogP contribution < -0.4 is 0 Å². The van der Waals surface area contributed by atoms with E-state index in [1.807, 2.05) is 20.8 Å². The standard InChI is InChI=1S/C17H19F3N4OS/c1-16(2,3)26(25)23-14-6-4-5-13-12(14)10-24(22-13)11-7-8-21-15(9-11)17(18,19)20/h7-10H,4-6H2,1-3H3/b23-14+/t26-/m0/s1. The van der Waals surface area contributed by atoms with Crippen LogP contribution >= 0.6 is 0 Å². The molecule has 0 bridgehead atoms. The molecule has 0 radical (unpaired) electrons. The molecule has 140 valence electrons. The second kappa shape index (κ2) is 6.70. The van der Waals surface area contributed by atoms with Crippen molar-refractivity contribution in [2.45, 2.75) is 51.0 Å². The van der Waals surface area contributed by atoms with Crippen LogP contribution in [0.15, 0.2) is 28.9 Å². The van der Waals surface area contributed by atoms with Gasteiger partial charge in [0.15, 0.2) is 0 Å². The SMILES string of the molecule is CC(C)(C)[S@+]([O-])/N=C1\CCCc2nn(-c3ccnc(C(F)(F)F)c3)cc21. The van der Waals surface area contributed by atoms with Crippen molar-refractivity contribution < 1.29 is 17.7 Å². The van der Waals surface area contributed by atoms with Crippen LogP contribution in [0.25, 0.3) is 5.69 Å². The molecule has 3 rings (SSSR count). The van der Waals surface area contributed by atoms with E-state index in [4.69, 9.17) is 0 Å². The summed E-state index contributed by atoms with van der Waals surface area (Å²) in [7, 11) is 0. The smallest absolute Gasteiger partial charge is 0.433 e. The number of aromatic nitrogens is 3. The normalized spacial score (nSPS) is 18.0. The Bertz CT molecular complexity index is 839. The van der Waals surface area contributed by atoms with E-state index < -0.39 is 28.0 Å². The molecule has 2 aromatic rings. The minimum Gasteiger partial charge on any atom is -0.591 e. The fourth-order valence-electron chi connectivity index (χ4n) is 2.57. The maximum Gasteiger partial charge on any atom is 0.433 e. The molecule has 1 aliphatic rings. The highest BCUT2D eigenvalue weighted by atomic mass is 32.2. The summed E-state index contributed by atoms with van der Waals surface area (Å²) >= 11 is -1.40. The van der Waals surface area contributed by atoms with Gasteiger partial charge in [0.1, 0.15) is 27.5 Å². The molecule has 0 amide bonds. The molecule has 9 heteroatoms. The first-order chi connectivity index (χ1) is 12.1. The average Bonchev–Trinajstić information content (AvgIpc) is 2.98. The van der Waals surface area contributed by atoms with Gasteiger partial charge < -0.3 is 4.55 Å². The van der Waals surface area contributed by atoms with Gasteiger partial charge in [-0.25, -0.2) is 4.68 Å². The van der Waals surface area contributed by atoms with Gasteiger partial charge in [-0.05, 0) is 52.2 Å². The Morgan fingerprint density at radius 1 is 1.23 bits per heavy atom. The van der Waals surface area contributed by atoms with Gasteiger partial charge in [-0.3, -0.25) is 4.98 Å². The van der Waals surface area contributed by atoms with Crippen molar-refractivity contribution in [1.29, 1.82) is 0 Å². The van der Waals surface area contributed by atoms with E-state index in [0.717, 1.165) is 29.9 Å². The van der Waals surface area contributed by atoms with Crippen molar-refractivity contribution in [3.05, 3.63) is 41.5 Å². The number of alkyl halides is 3. The maximum absolute atomic E-state index is 12.9. The van der Waals surface area contributed by atoms with Crippen molar-refractivity contribution in [1.82, 2.24) is 14.8 Å². The van der Waals surface area contributed by atoms with Crippen LogP contribution in [-0.2, 0) is 24.0 Å². The molecule has 26 heavy (non-hydrogen) atoms. The maximum atomic E-state index is 12.9. The van der Waals surface area contributed by atoms with E-state index in [1.54, 1.807) is 6.20 Å². The van der Waals surface area contributed by atoms with E-state index in [9.17, 15) is 17.7 Å². The zero-order valence-corrected chi connectivity index (χ0v) is 15.5. The first kappa shape index (κ1) is 18.9. The van der Waals surface area contributed by atoms with Gasteiger partial charge in [0, 0.05) is 18.0 Å². The molecule has 1 atom stereocenters. The van der Waals surface area contributed by atoms with Crippen molar-refractivity contribution >= 4 is 17.1 Å². The number of halogens is 3. The summed E-state index contributed by atoms with van der Waals surface area (Å²) in [6.45, 7) is 5.53. The molecule has 0 fully saturated rings. The highest BCUT2D eigenvalue weighted by Gasteiger charge is 2.33. The summed E-state index contributed by atoms with van der Waals surface area (Å²) in [5, 5.41) is 4.41. The zero-order valence-electron chi connectivity index (χ0n) is 14.7. The molecule has 2 heterocycles. The monoisotopic (exact) mass is 384 g/mol. The van der Waals surface area contributed by atoms with Gasteiger partial charge in [0.25, 0.3) is 0 Å². The Balaban J connectivity index is 1.99. The van der Waals surface area contributed by atoms with Crippen LogP contribution in [-0.4, -0.2) is 29.8 Å². The summed E-state index contributed by atoms with van der Waals surface area (Å²) in [4.78, 5) is 3.37. The predicted octanol–water partition coefficient (Wildman–Crippen LogP) is 3.87. The Morgan fingerprint density at radius 2 is 1.96 bits per heavy atom. The lowest BCUT2D eigenvalue weighted by Gasteiger charge is -2.20. The van der Waals surface area contributed by atoms with Crippen LogP contribution in [0.4, 0.5) is 13.2 Å². The number of hydrogen-bond acceptors (Lipinski definition) is 4. The third-order valence-corrected chi connectivity index (χ3v) is 5.38. The molecule has 2 aromatic heterocycles. The fraction of sp³-hybridized carbons (Fsp3) is 0.471. The molecule has 0 unspecified atom stereocenters. The Labute approximate surface area is 152 Å². The number of aryl methyl sites for hydroxylation is 1. The van der Waals surface area contributed by atoms with Crippen molar-refractivity contribution in [2.24, 2.45) is 4.40 Å². The third-order valence-electron chi connectivity index (χ3n) is 3.94. The highest BCUT2D eigenvalue weighted by Crippen LogP contribution is 2.29. The molecular formula is C17H19F3N4OS. The molecule has 0 N–H and O–H groups in total. The van der Waals surface area contributed by atoms with Crippen LogP contribution in [0, 0.1) is 0 Å². The van der Waals surface area contributed by atoms with Gasteiger partial charge in [-0.2, -0.15) is 18.3 Å². The predicted molar refractivity (Wildman–Crippen MR) is 93.7 cm³/mol. The van der Waals surface area contributed by atoms with E-state index in [2.05, 4.69) is 14.5 Å². The number of rotatable bonds is 2.